The van der Waals surface area contributed by atoms with Crippen molar-refractivity contribution < 1.29 is 9.32 Å². The number of hydrogen-bond donors (Lipinski definition) is 0. The third-order valence-corrected chi connectivity index (χ3v) is 6.69. The van der Waals surface area contributed by atoms with Crippen molar-refractivity contribution in [3.8, 4) is 0 Å². The fourth-order valence-electron chi connectivity index (χ4n) is 5.08. The molecule has 1 aromatic carbocycles. The fraction of sp³-hybridized carbons (Fsp3) is 0.435. The molecule has 1 spiro atoms. The zero-order valence-electron chi connectivity index (χ0n) is 17.5. The van der Waals surface area contributed by atoms with Crippen LogP contribution in [0.2, 0.25) is 0 Å². The van der Waals surface area contributed by atoms with Crippen LogP contribution in [0.15, 0.2) is 47.4 Å². The van der Waals surface area contributed by atoms with Crippen LogP contribution in [0, 0.1) is 6.92 Å². The number of piperidine rings is 1. The van der Waals surface area contributed by atoms with Gasteiger partial charge in [-0.25, -0.2) is 0 Å². The lowest BCUT2D eigenvalue weighted by atomic mass is 9.68. The third-order valence-electron chi connectivity index (χ3n) is 6.69. The van der Waals surface area contributed by atoms with Crippen molar-refractivity contribution in [2.45, 2.75) is 38.3 Å². The lowest BCUT2D eigenvalue weighted by molar-refractivity contribution is 0.0571. The molecule has 5 rings (SSSR count). The van der Waals surface area contributed by atoms with E-state index in [0.29, 0.717) is 17.9 Å². The topological polar surface area (TPSA) is 67.4 Å². The molecule has 7 heteroatoms. The number of aryl methyl sites for hydroxylation is 2. The molecule has 30 heavy (non-hydrogen) atoms. The van der Waals surface area contributed by atoms with Crippen molar-refractivity contribution in [2.75, 3.05) is 19.6 Å². The molecule has 1 fully saturated rings. The molecular formula is C23H27N5O2. The molecule has 2 aliphatic heterocycles. The number of amides is 1. The average molecular weight is 406 g/mol. The van der Waals surface area contributed by atoms with E-state index in [1.165, 1.54) is 16.7 Å². The molecule has 3 aromatic rings. The van der Waals surface area contributed by atoms with E-state index in [-0.39, 0.29) is 11.3 Å². The maximum Gasteiger partial charge on any atom is 0.259 e. The Morgan fingerprint density at radius 1 is 1.20 bits per heavy atom. The molecule has 156 valence electrons. The van der Waals surface area contributed by atoms with E-state index in [2.05, 4.69) is 45.6 Å². The Morgan fingerprint density at radius 2 is 2.00 bits per heavy atom. The Labute approximate surface area is 176 Å². The van der Waals surface area contributed by atoms with Gasteiger partial charge in [-0.3, -0.25) is 14.4 Å². The molecule has 7 nitrogen and oxygen atoms in total. The second-order valence-electron chi connectivity index (χ2n) is 8.69. The van der Waals surface area contributed by atoms with Crippen molar-refractivity contribution in [3.05, 3.63) is 70.9 Å². The van der Waals surface area contributed by atoms with Gasteiger partial charge in [0.05, 0.1) is 12.4 Å². The minimum absolute atomic E-state index is 0.00100. The van der Waals surface area contributed by atoms with Gasteiger partial charge in [-0.1, -0.05) is 29.4 Å². The molecule has 0 aliphatic carbocycles. The highest BCUT2D eigenvalue weighted by molar-refractivity contribution is 5.95. The summed E-state index contributed by atoms with van der Waals surface area (Å²) in [7, 11) is 1.95. The summed E-state index contributed by atoms with van der Waals surface area (Å²) in [5.74, 6) is 0.597. The average Bonchev–Trinajstić information content (AvgIpc) is 3.37. The number of nitrogens with zero attached hydrogens (tertiary/aromatic N) is 5. The lowest BCUT2D eigenvalue weighted by Crippen LogP contribution is -2.53. The van der Waals surface area contributed by atoms with E-state index < -0.39 is 0 Å². The fourth-order valence-corrected chi connectivity index (χ4v) is 5.08. The number of aromatic nitrogens is 3. The highest BCUT2D eigenvalue weighted by Crippen LogP contribution is 2.42. The maximum atomic E-state index is 13.2. The van der Waals surface area contributed by atoms with Gasteiger partial charge in [0, 0.05) is 43.9 Å². The zero-order valence-corrected chi connectivity index (χ0v) is 17.5. The van der Waals surface area contributed by atoms with Crippen LogP contribution in [0.5, 0.6) is 0 Å². The number of carbonyl (C=O) groups excluding carboxylic acids is 1. The first-order chi connectivity index (χ1) is 14.5. The summed E-state index contributed by atoms with van der Waals surface area (Å²) in [5, 5.41) is 8.09. The van der Waals surface area contributed by atoms with Gasteiger partial charge >= 0.3 is 0 Å². The van der Waals surface area contributed by atoms with E-state index >= 15 is 0 Å². The van der Waals surface area contributed by atoms with Crippen LogP contribution in [0.1, 0.15) is 45.7 Å². The molecule has 0 saturated carbocycles. The number of carbonyl (C=O) groups is 1. The summed E-state index contributed by atoms with van der Waals surface area (Å²) in [6, 6.07) is 8.63. The summed E-state index contributed by atoms with van der Waals surface area (Å²) in [6.07, 6.45) is 7.65. The molecule has 2 aliphatic rings. The van der Waals surface area contributed by atoms with Crippen molar-refractivity contribution in [1.82, 2.24) is 24.7 Å². The number of rotatable bonds is 3. The summed E-state index contributed by atoms with van der Waals surface area (Å²) < 4.78 is 7.00. The van der Waals surface area contributed by atoms with Crippen molar-refractivity contribution in [1.29, 1.82) is 0 Å². The lowest BCUT2D eigenvalue weighted by Gasteiger charge is -2.48. The first-order valence-corrected chi connectivity index (χ1v) is 10.5. The predicted octanol–water partition coefficient (Wildman–Crippen LogP) is 2.91. The maximum absolute atomic E-state index is 13.2. The Hall–Kier alpha value is -2.93. The minimum Gasteiger partial charge on any atom is -0.361 e. The number of fused-ring (bicyclic) bond motifs is 2. The first-order valence-electron chi connectivity index (χ1n) is 10.5. The van der Waals surface area contributed by atoms with Crippen molar-refractivity contribution in [3.63, 3.8) is 0 Å². The first kappa shape index (κ1) is 19.1. The standard InChI is InChI=1S/C23H27N5O2/c1-17-20(12-25-30-17)22(29)28-15-19-5-3-4-6-21(19)23(16-28)7-9-27(10-8-23)14-18-11-24-26(2)13-18/h3-6,11-13H,7-10,14-16H2,1-2H3. The van der Waals surface area contributed by atoms with E-state index in [0.717, 1.165) is 39.0 Å². The van der Waals surface area contributed by atoms with Crippen LogP contribution in [0.4, 0.5) is 0 Å². The summed E-state index contributed by atoms with van der Waals surface area (Å²) in [6.45, 7) is 6.13. The Balaban J connectivity index is 1.38. The highest BCUT2D eigenvalue weighted by Gasteiger charge is 2.43. The monoisotopic (exact) mass is 405 g/mol. The van der Waals surface area contributed by atoms with Crippen LogP contribution in [-0.2, 0) is 25.6 Å². The van der Waals surface area contributed by atoms with Gasteiger partial charge in [-0.05, 0) is 44.0 Å². The largest absolute Gasteiger partial charge is 0.361 e. The predicted molar refractivity (Wildman–Crippen MR) is 112 cm³/mol. The molecule has 1 saturated heterocycles. The summed E-state index contributed by atoms with van der Waals surface area (Å²) >= 11 is 0. The van der Waals surface area contributed by atoms with Crippen molar-refractivity contribution >= 4 is 5.91 Å². The van der Waals surface area contributed by atoms with Crippen LogP contribution < -0.4 is 0 Å². The Kier molecular flexibility index (Phi) is 4.70. The molecule has 0 bridgehead atoms. The molecule has 1 amide bonds. The van der Waals surface area contributed by atoms with Crippen LogP contribution >= 0.6 is 0 Å². The van der Waals surface area contributed by atoms with Gasteiger partial charge in [0.1, 0.15) is 11.3 Å². The van der Waals surface area contributed by atoms with E-state index in [1.54, 1.807) is 13.1 Å². The zero-order chi connectivity index (χ0) is 20.7. The minimum atomic E-state index is 0.00100. The van der Waals surface area contributed by atoms with Crippen LogP contribution in [0.3, 0.4) is 0 Å². The Bertz CT molecular complexity index is 1060. The second kappa shape index (κ2) is 7.40. The molecular weight excluding hydrogens is 378 g/mol. The molecule has 0 radical (unpaired) electrons. The summed E-state index contributed by atoms with van der Waals surface area (Å²) in [4.78, 5) is 17.7. The van der Waals surface area contributed by atoms with Crippen LogP contribution in [-0.4, -0.2) is 50.3 Å². The molecule has 2 aromatic heterocycles. The second-order valence-corrected chi connectivity index (χ2v) is 8.69. The van der Waals surface area contributed by atoms with Gasteiger partial charge in [-0.2, -0.15) is 5.10 Å². The normalized spacial score (nSPS) is 18.5. The smallest absolute Gasteiger partial charge is 0.259 e. The summed E-state index contributed by atoms with van der Waals surface area (Å²) in [5.41, 5.74) is 4.49. The van der Waals surface area contributed by atoms with Crippen LogP contribution in [0.25, 0.3) is 0 Å². The Morgan fingerprint density at radius 3 is 2.70 bits per heavy atom. The van der Waals surface area contributed by atoms with Crippen molar-refractivity contribution in [2.24, 2.45) is 7.05 Å². The molecule has 0 atom stereocenters. The number of benzene rings is 1. The molecule has 4 heterocycles. The van der Waals surface area contributed by atoms with Gasteiger partial charge in [0.25, 0.3) is 5.91 Å². The van der Waals surface area contributed by atoms with E-state index in [4.69, 9.17) is 4.52 Å². The molecule has 0 unspecified atom stereocenters. The van der Waals surface area contributed by atoms with Gasteiger partial charge in [0.2, 0.25) is 0 Å². The quantitative estimate of drug-likeness (QED) is 0.670. The SMILES string of the molecule is Cc1oncc1C(=O)N1Cc2ccccc2C2(CCN(Cc3cnn(C)c3)CC2)C1. The molecule has 0 N–H and O–H groups in total. The van der Waals surface area contributed by atoms with E-state index in [9.17, 15) is 4.79 Å². The highest BCUT2D eigenvalue weighted by atomic mass is 16.5. The number of hydrogen-bond acceptors (Lipinski definition) is 5. The number of likely N-dealkylation sites (tertiary alicyclic amines) is 1. The van der Waals surface area contributed by atoms with E-state index in [1.807, 2.05) is 22.8 Å². The van der Waals surface area contributed by atoms with Gasteiger partial charge < -0.3 is 9.42 Å². The van der Waals surface area contributed by atoms with Gasteiger partial charge in [-0.15, -0.1) is 0 Å². The third kappa shape index (κ3) is 3.33. The van der Waals surface area contributed by atoms with Gasteiger partial charge in [0.15, 0.2) is 0 Å².